The maximum Gasteiger partial charge on any atom is 0.0493 e. The van der Waals surface area contributed by atoms with E-state index in [1.54, 1.807) is 0 Å². The molecule has 0 saturated heterocycles. The van der Waals surface area contributed by atoms with E-state index in [9.17, 15) is 0 Å². The highest BCUT2D eigenvalue weighted by molar-refractivity contribution is 8.08. The smallest absolute Gasteiger partial charge is 0.0493 e. The molecule has 0 saturated carbocycles. The Balaban J connectivity index is 2.51. The molecule has 0 bridgehead atoms. The summed E-state index contributed by atoms with van der Waals surface area (Å²) in [6.45, 7) is 4.30. The minimum absolute atomic E-state index is 1.25. The van der Waals surface area contributed by atoms with Crippen molar-refractivity contribution in [1.29, 1.82) is 0 Å². The molecule has 0 aliphatic rings. The van der Waals surface area contributed by atoms with Crippen LogP contribution in [0.5, 0.6) is 0 Å². The van der Waals surface area contributed by atoms with Crippen LogP contribution in [0, 0.1) is 6.92 Å². The van der Waals surface area contributed by atoms with Crippen LogP contribution in [0.1, 0.15) is 5.56 Å². The molecule has 0 aliphatic heterocycles. The van der Waals surface area contributed by atoms with Crippen molar-refractivity contribution in [2.24, 2.45) is 0 Å². The lowest BCUT2D eigenvalue weighted by Gasteiger charge is -2.33. The average molecular weight is 225 g/mol. The molecule has 0 aliphatic carbocycles. The summed E-state index contributed by atoms with van der Waals surface area (Å²) >= 11 is 0. The van der Waals surface area contributed by atoms with Gasteiger partial charge in [0.05, 0.1) is 0 Å². The summed E-state index contributed by atoms with van der Waals surface area (Å²) in [5.74, 6) is 0. The van der Waals surface area contributed by atoms with Crippen molar-refractivity contribution in [2.75, 3.05) is 6.66 Å². The number of hydrogen-bond acceptors (Lipinski definition) is 0. The molecule has 0 spiro atoms. The van der Waals surface area contributed by atoms with Crippen LogP contribution in [0.4, 0.5) is 0 Å². The predicted octanol–water partition coefficient (Wildman–Crippen LogP) is 2.68. The first-order chi connectivity index (χ1) is 7.62. The van der Waals surface area contributed by atoms with Gasteiger partial charge in [-0.25, -0.2) is 0 Å². The first-order valence-electron chi connectivity index (χ1n) is 5.39. The van der Waals surface area contributed by atoms with Crippen LogP contribution < -0.4 is 10.6 Å². The molecule has 2 aromatic carbocycles. The Kier molecular flexibility index (Phi) is 3.16. The Labute approximate surface area is 99.4 Å². The summed E-state index contributed by atoms with van der Waals surface area (Å²) in [5.41, 5.74) is 1.28. The van der Waals surface area contributed by atoms with E-state index in [0.717, 1.165) is 0 Å². The number of aryl methyl sites for hydroxylation is 1. The summed E-state index contributed by atoms with van der Waals surface area (Å²) in [6.07, 6.45) is 0. The molecule has 2 heteroatoms. The number of rotatable bonds is 2. The van der Waals surface area contributed by atoms with Gasteiger partial charge >= 0.3 is 0 Å². The fraction of sp³-hybridized carbons (Fsp3) is 0.143. The SMILES string of the molecule is [B-][P+](C)(c1ccccc1)c1ccccc1C. The molecular formula is C14H15BP. The summed E-state index contributed by atoms with van der Waals surface area (Å²) in [4.78, 5) is 0. The normalized spacial score (nSPS) is 14.4. The van der Waals surface area contributed by atoms with Gasteiger partial charge in [0, 0.05) is 17.3 Å². The lowest BCUT2D eigenvalue weighted by molar-refractivity contribution is 1.52. The first-order valence-corrected chi connectivity index (χ1v) is 7.70. The van der Waals surface area contributed by atoms with Crippen molar-refractivity contribution < 1.29 is 0 Å². The summed E-state index contributed by atoms with van der Waals surface area (Å²) in [6, 6.07) is 18.8. The van der Waals surface area contributed by atoms with Gasteiger partial charge in [-0.05, 0) is 30.7 Å². The third kappa shape index (κ3) is 2.06. The van der Waals surface area contributed by atoms with Crippen LogP contribution in [0.3, 0.4) is 0 Å². The average Bonchev–Trinajstić information content (AvgIpc) is 2.30. The highest BCUT2D eigenvalue weighted by atomic mass is 31.2. The zero-order valence-electron chi connectivity index (χ0n) is 9.72. The molecule has 0 amide bonds. The molecule has 2 rings (SSSR count). The van der Waals surface area contributed by atoms with Gasteiger partial charge in [0.15, 0.2) is 0 Å². The molecular weight excluding hydrogens is 210 g/mol. The van der Waals surface area contributed by atoms with Gasteiger partial charge in [0.2, 0.25) is 0 Å². The topological polar surface area (TPSA) is 0 Å². The van der Waals surface area contributed by atoms with Crippen LogP contribution in [-0.4, -0.2) is 14.2 Å². The molecule has 79 valence electrons. The van der Waals surface area contributed by atoms with E-state index in [-0.39, 0.29) is 0 Å². The fourth-order valence-corrected chi connectivity index (χ4v) is 4.23. The van der Waals surface area contributed by atoms with Crippen molar-refractivity contribution in [3.8, 4) is 0 Å². The molecule has 3 radical (unpaired) electrons. The molecule has 0 N–H and O–H groups in total. The van der Waals surface area contributed by atoms with Crippen LogP contribution >= 0.6 is 7.14 Å². The Morgan fingerprint density at radius 2 is 1.44 bits per heavy atom. The van der Waals surface area contributed by atoms with Gasteiger partial charge in [-0.1, -0.05) is 36.4 Å². The van der Waals surface area contributed by atoms with Gasteiger partial charge in [0.25, 0.3) is 0 Å². The second kappa shape index (κ2) is 4.43. The van der Waals surface area contributed by atoms with Gasteiger partial charge in [0.1, 0.15) is 0 Å². The molecule has 0 nitrogen and oxygen atoms in total. The van der Waals surface area contributed by atoms with Crippen molar-refractivity contribution >= 4 is 25.3 Å². The Morgan fingerprint density at radius 1 is 0.875 bits per heavy atom. The standard InChI is InChI=1S/C14H15BP/c1-12-8-6-7-11-14(12)16(2,15)13-9-4-3-5-10-13/h3-11H,1-2H3. The lowest BCUT2D eigenvalue weighted by atomic mass is 10.2. The van der Waals surface area contributed by atoms with E-state index in [1.165, 1.54) is 16.2 Å². The Morgan fingerprint density at radius 3 is 2.06 bits per heavy atom. The van der Waals surface area contributed by atoms with Crippen molar-refractivity contribution in [2.45, 2.75) is 6.92 Å². The molecule has 1 atom stereocenters. The molecule has 0 aromatic heterocycles. The van der Waals surface area contributed by atoms with E-state index in [2.05, 4.69) is 62.1 Å². The third-order valence-corrected chi connectivity index (χ3v) is 5.78. The van der Waals surface area contributed by atoms with Crippen LogP contribution in [0.15, 0.2) is 54.6 Å². The van der Waals surface area contributed by atoms with E-state index in [4.69, 9.17) is 7.57 Å². The Bertz CT molecular complexity index is 477. The van der Waals surface area contributed by atoms with E-state index < -0.39 is 7.14 Å². The third-order valence-electron chi connectivity index (χ3n) is 2.91. The van der Waals surface area contributed by atoms with E-state index in [0.29, 0.717) is 0 Å². The zero-order valence-corrected chi connectivity index (χ0v) is 10.6. The summed E-state index contributed by atoms with van der Waals surface area (Å²) in [7, 11) is 4.89. The van der Waals surface area contributed by atoms with Crippen molar-refractivity contribution in [3.05, 3.63) is 60.2 Å². The zero-order chi connectivity index (χ0) is 11.6. The maximum atomic E-state index is 6.57. The van der Waals surface area contributed by atoms with Gasteiger partial charge in [-0.2, -0.15) is 7.14 Å². The largest absolute Gasteiger partial charge is 0.292 e. The molecule has 16 heavy (non-hydrogen) atoms. The van der Waals surface area contributed by atoms with Crippen molar-refractivity contribution in [3.63, 3.8) is 0 Å². The monoisotopic (exact) mass is 225 g/mol. The van der Waals surface area contributed by atoms with E-state index in [1.807, 2.05) is 6.07 Å². The minimum Gasteiger partial charge on any atom is -0.292 e. The maximum absolute atomic E-state index is 6.57. The quantitative estimate of drug-likeness (QED) is 0.544. The van der Waals surface area contributed by atoms with E-state index >= 15 is 0 Å². The van der Waals surface area contributed by atoms with Crippen LogP contribution in [-0.2, 0) is 0 Å². The van der Waals surface area contributed by atoms with Gasteiger partial charge < -0.3 is 0 Å². The molecule has 0 fully saturated rings. The first kappa shape index (κ1) is 11.4. The summed E-state index contributed by atoms with van der Waals surface area (Å²) in [5, 5.41) is 2.55. The second-order valence-electron chi connectivity index (χ2n) is 4.20. The molecule has 2 aromatic rings. The fourth-order valence-electron chi connectivity index (χ4n) is 1.96. The number of benzene rings is 2. The number of hydrogen-bond donors (Lipinski definition) is 0. The second-order valence-corrected chi connectivity index (χ2v) is 7.35. The van der Waals surface area contributed by atoms with Gasteiger partial charge in [-0.3, -0.25) is 7.57 Å². The molecule has 0 heterocycles. The lowest BCUT2D eigenvalue weighted by Crippen LogP contribution is -2.23. The van der Waals surface area contributed by atoms with Gasteiger partial charge in [-0.15, -0.1) is 0 Å². The highest BCUT2D eigenvalue weighted by Gasteiger charge is 2.19. The summed E-state index contributed by atoms with van der Waals surface area (Å²) < 4.78 is 0. The minimum atomic E-state index is -1.68. The van der Waals surface area contributed by atoms with Crippen molar-refractivity contribution in [1.82, 2.24) is 0 Å². The Hall–Kier alpha value is -1.07. The van der Waals surface area contributed by atoms with Crippen LogP contribution in [0.25, 0.3) is 0 Å². The predicted molar refractivity (Wildman–Crippen MR) is 75.5 cm³/mol. The molecule has 1 unspecified atom stereocenters. The van der Waals surface area contributed by atoms with Crippen LogP contribution in [0.2, 0.25) is 0 Å². The highest BCUT2D eigenvalue weighted by Crippen LogP contribution is 2.47.